The molecule has 1 rings (SSSR count). The maximum Gasteiger partial charge on any atom is 0.275 e. The van der Waals surface area contributed by atoms with Gasteiger partial charge in [-0.05, 0) is 12.1 Å². The van der Waals surface area contributed by atoms with Crippen molar-refractivity contribution in [3.8, 4) is 0 Å². The summed E-state index contributed by atoms with van der Waals surface area (Å²) in [6, 6.07) is 3.19. The molecule has 0 aliphatic rings. The largest absolute Gasteiger partial charge is 0.324 e. The van der Waals surface area contributed by atoms with Gasteiger partial charge in [-0.1, -0.05) is 11.6 Å². The highest BCUT2D eigenvalue weighted by molar-refractivity contribution is 6.29. The zero-order valence-corrected chi connectivity index (χ0v) is 10.5. The fourth-order valence-electron chi connectivity index (χ4n) is 1.26. The van der Waals surface area contributed by atoms with Crippen molar-refractivity contribution in [1.82, 2.24) is 9.88 Å². The number of carbonyl (C=O) groups is 1. The Bertz CT molecular complexity index is 475. The topological polar surface area (TPSA) is 79.6 Å². The lowest BCUT2D eigenvalue weighted by atomic mass is 10.4. The number of nitro groups is 1. The number of hydrogen-bond donors (Lipinski definition) is 0. The van der Waals surface area contributed by atoms with Crippen LogP contribution in [0.2, 0.25) is 5.15 Å². The van der Waals surface area contributed by atoms with Crippen molar-refractivity contribution in [3.63, 3.8) is 0 Å². The molecule has 0 aliphatic carbocycles. The Labute approximate surface area is 108 Å². The van der Waals surface area contributed by atoms with Crippen LogP contribution >= 0.6 is 11.6 Å². The van der Waals surface area contributed by atoms with E-state index in [1.807, 2.05) is 0 Å². The van der Waals surface area contributed by atoms with E-state index in [0.29, 0.717) is 17.3 Å². The summed E-state index contributed by atoms with van der Waals surface area (Å²) < 4.78 is 0. The molecule has 1 heterocycles. The number of amides is 1. The lowest BCUT2D eigenvalue weighted by molar-refractivity contribution is -0.404. The molecule has 96 valence electrons. The maximum absolute atomic E-state index is 10.7. The van der Waals surface area contributed by atoms with Crippen LogP contribution in [0.25, 0.3) is 0 Å². The quantitative estimate of drug-likeness (QED) is 0.349. The Morgan fingerprint density at radius 1 is 1.50 bits per heavy atom. The van der Waals surface area contributed by atoms with Gasteiger partial charge in [-0.15, -0.1) is 0 Å². The van der Waals surface area contributed by atoms with Gasteiger partial charge in [0.2, 0.25) is 6.41 Å². The summed E-state index contributed by atoms with van der Waals surface area (Å²) in [7, 11) is 3.00. The molecule has 0 radical (unpaired) electrons. The highest BCUT2D eigenvalue weighted by Crippen LogP contribution is 2.19. The van der Waals surface area contributed by atoms with E-state index in [1.54, 1.807) is 19.2 Å². The Kier molecular flexibility index (Phi) is 4.61. The zero-order valence-electron chi connectivity index (χ0n) is 9.78. The zero-order chi connectivity index (χ0) is 13.7. The van der Waals surface area contributed by atoms with Crippen LogP contribution in [0.4, 0.5) is 5.69 Å². The van der Waals surface area contributed by atoms with E-state index in [2.05, 4.69) is 4.98 Å². The number of nitrogens with zero attached hydrogens (tertiary/aromatic N) is 4. The molecule has 1 aromatic heterocycles. The average Bonchev–Trinajstić information content (AvgIpc) is 2.35. The summed E-state index contributed by atoms with van der Waals surface area (Å²) >= 11 is 5.65. The maximum atomic E-state index is 10.7. The van der Waals surface area contributed by atoms with Gasteiger partial charge in [-0.2, -0.15) is 0 Å². The van der Waals surface area contributed by atoms with Gasteiger partial charge in [0.05, 0.1) is 16.8 Å². The second kappa shape index (κ2) is 5.97. The number of pyridine rings is 1. The van der Waals surface area contributed by atoms with Crippen LogP contribution < -0.4 is 4.90 Å². The molecule has 0 N–H and O–H groups in total. The Balaban J connectivity index is 3.09. The molecule has 8 heteroatoms. The number of carbonyl (C=O) groups excluding carboxylic acids is 1. The van der Waals surface area contributed by atoms with Crippen LogP contribution in [-0.2, 0) is 4.79 Å². The molecule has 0 saturated carbocycles. The van der Waals surface area contributed by atoms with Gasteiger partial charge in [0.15, 0.2) is 5.82 Å². The number of anilines is 1. The van der Waals surface area contributed by atoms with Crippen molar-refractivity contribution < 1.29 is 9.72 Å². The average molecular weight is 271 g/mol. The third kappa shape index (κ3) is 3.42. The Morgan fingerprint density at radius 3 is 2.61 bits per heavy atom. The molecule has 18 heavy (non-hydrogen) atoms. The van der Waals surface area contributed by atoms with E-state index in [-0.39, 0.29) is 5.82 Å². The van der Waals surface area contributed by atoms with Crippen molar-refractivity contribution in [1.29, 1.82) is 0 Å². The SMILES string of the molecule is CN(C=O)/C(=C\[N+](=O)[O-])N(C)c1ccc(Cl)nc1. The van der Waals surface area contributed by atoms with Gasteiger partial charge < -0.3 is 4.90 Å². The first-order chi connectivity index (χ1) is 8.45. The molecular formula is C10H11ClN4O3. The molecule has 0 aliphatic heterocycles. The number of halogens is 1. The third-order valence-corrected chi connectivity index (χ3v) is 2.41. The van der Waals surface area contributed by atoms with E-state index in [4.69, 9.17) is 11.6 Å². The third-order valence-electron chi connectivity index (χ3n) is 2.18. The fraction of sp³-hybridized carbons (Fsp3) is 0.200. The molecule has 0 unspecified atom stereocenters. The minimum Gasteiger partial charge on any atom is -0.324 e. The normalized spacial score (nSPS) is 10.9. The minimum atomic E-state index is -0.630. The lowest BCUT2D eigenvalue weighted by Crippen LogP contribution is -2.30. The van der Waals surface area contributed by atoms with E-state index in [1.165, 1.54) is 18.1 Å². The standard InChI is InChI=1S/C10H11ClN4O3/c1-13(7-16)10(6-15(17)18)14(2)8-3-4-9(11)12-5-8/h3-7H,1-2H3/b10-6+. The summed E-state index contributed by atoms with van der Waals surface area (Å²) in [4.78, 5) is 27.1. The van der Waals surface area contributed by atoms with Gasteiger partial charge in [-0.3, -0.25) is 19.8 Å². The molecule has 1 amide bonds. The predicted octanol–water partition coefficient (Wildman–Crippen LogP) is 1.33. The minimum absolute atomic E-state index is 0.110. The van der Waals surface area contributed by atoms with Crippen molar-refractivity contribution in [2.24, 2.45) is 0 Å². The first-order valence-corrected chi connectivity index (χ1v) is 5.22. The molecule has 1 aromatic rings. The van der Waals surface area contributed by atoms with Crippen molar-refractivity contribution in [3.05, 3.63) is 45.6 Å². The summed E-state index contributed by atoms with van der Waals surface area (Å²) in [5, 5.41) is 10.9. The fourth-order valence-corrected chi connectivity index (χ4v) is 1.37. The van der Waals surface area contributed by atoms with Crippen molar-refractivity contribution in [2.45, 2.75) is 0 Å². The van der Waals surface area contributed by atoms with E-state index in [9.17, 15) is 14.9 Å². The Hall–Kier alpha value is -2.15. The second-order valence-electron chi connectivity index (χ2n) is 3.39. The smallest absolute Gasteiger partial charge is 0.275 e. The van der Waals surface area contributed by atoms with Crippen LogP contribution in [0, 0.1) is 10.1 Å². The highest BCUT2D eigenvalue weighted by atomic mass is 35.5. The first kappa shape index (κ1) is 13.9. The number of aromatic nitrogens is 1. The molecular weight excluding hydrogens is 260 g/mol. The molecule has 7 nitrogen and oxygen atoms in total. The molecule has 0 aromatic carbocycles. The summed E-state index contributed by atoms with van der Waals surface area (Å²) in [6.45, 7) is 0. The van der Waals surface area contributed by atoms with Crippen molar-refractivity contribution >= 4 is 23.7 Å². The van der Waals surface area contributed by atoms with Gasteiger partial charge in [0.25, 0.3) is 6.20 Å². The molecule has 0 bridgehead atoms. The van der Waals surface area contributed by atoms with E-state index < -0.39 is 4.92 Å². The van der Waals surface area contributed by atoms with Gasteiger partial charge in [0, 0.05) is 14.1 Å². The van der Waals surface area contributed by atoms with Crippen LogP contribution in [0.1, 0.15) is 0 Å². The van der Waals surface area contributed by atoms with E-state index in [0.717, 1.165) is 11.1 Å². The molecule has 0 spiro atoms. The molecule has 0 atom stereocenters. The van der Waals surface area contributed by atoms with Crippen LogP contribution in [-0.4, -0.2) is 35.3 Å². The summed E-state index contributed by atoms with van der Waals surface area (Å²) in [5.41, 5.74) is 0.571. The number of hydrogen-bond acceptors (Lipinski definition) is 5. The monoisotopic (exact) mass is 270 g/mol. The second-order valence-corrected chi connectivity index (χ2v) is 3.77. The van der Waals surface area contributed by atoms with E-state index >= 15 is 0 Å². The van der Waals surface area contributed by atoms with Crippen LogP contribution in [0.15, 0.2) is 30.4 Å². The van der Waals surface area contributed by atoms with Crippen molar-refractivity contribution in [2.75, 3.05) is 19.0 Å². The summed E-state index contributed by atoms with van der Waals surface area (Å²) in [6.07, 6.45) is 2.67. The van der Waals surface area contributed by atoms with Gasteiger partial charge in [0.1, 0.15) is 5.15 Å². The predicted molar refractivity (Wildman–Crippen MR) is 66.6 cm³/mol. The Morgan fingerprint density at radius 2 is 2.17 bits per heavy atom. The van der Waals surface area contributed by atoms with Gasteiger partial charge in [-0.25, -0.2) is 4.98 Å². The van der Waals surface area contributed by atoms with Gasteiger partial charge >= 0.3 is 0 Å². The first-order valence-electron chi connectivity index (χ1n) is 4.84. The van der Waals surface area contributed by atoms with Crippen LogP contribution in [0.3, 0.4) is 0 Å². The van der Waals surface area contributed by atoms with Crippen LogP contribution in [0.5, 0.6) is 0 Å². The summed E-state index contributed by atoms with van der Waals surface area (Å²) in [5.74, 6) is 0.110. The molecule has 0 saturated heterocycles. The molecule has 0 fully saturated rings. The number of rotatable bonds is 5. The highest BCUT2D eigenvalue weighted by Gasteiger charge is 2.15. The lowest BCUT2D eigenvalue weighted by Gasteiger charge is -2.24.